The van der Waals surface area contributed by atoms with Crippen molar-refractivity contribution in [3.8, 4) is 0 Å². The van der Waals surface area contributed by atoms with E-state index >= 15 is 0 Å². The van der Waals surface area contributed by atoms with Gasteiger partial charge in [-0.2, -0.15) is 0 Å². The lowest BCUT2D eigenvalue weighted by Crippen LogP contribution is -2.48. The number of hydrogen-bond acceptors (Lipinski definition) is 6. The first-order chi connectivity index (χ1) is 11.5. The average molecular weight is 365 g/mol. The van der Waals surface area contributed by atoms with E-state index in [9.17, 15) is 14.7 Å². The number of likely N-dealkylation sites (N-methyl/N-ethyl adjacent to an activating group) is 1. The topological polar surface area (TPSA) is 65.8 Å². The van der Waals surface area contributed by atoms with E-state index in [1.165, 1.54) is 11.8 Å². The Balaban J connectivity index is 1.73. The van der Waals surface area contributed by atoms with Gasteiger partial charge in [-0.3, -0.25) is 9.69 Å². The zero-order valence-corrected chi connectivity index (χ0v) is 15.2. The lowest BCUT2D eigenvalue weighted by Gasteiger charge is -2.40. The van der Waals surface area contributed by atoms with Gasteiger partial charge in [-0.05, 0) is 20.0 Å². The maximum atomic E-state index is 12.6. The van der Waals surface area contributed by atoms with Gasteiger partial charge < -0.3 is 14.6 Å². The third-order valence-electron chi connectivity index (χ3n) is 4.77. The Morgan fingerprint density at radius 3 is 2.54 bits per heavy atom. The molecule has 0 saturated carbocycles. The monoisotopic (exact) mass is 365 g/mol. The van der Waals surface area contributed by atoms with Crippen molar-refractivity contribution in [1.82, 2.24) is 14.4 Å². The van der Waals surface area contributed by atoms with Crippen LogP contribution in [0.25, 0.3) is 6.08 Å². The summed E-state index contributed by atoms with van der Waals surface area (Å²) in [5.74, 6) is -1.13. The van der Waals surface area contributed by atoms with Crippen molar-refractivity contribution in [1.29, 1.82) is 0 Å². The zero-order chi connectivity index (χ0) is 17.0. The number of aromatic carboxylic acids is 1. The van der Waals surface area contributed by atoms with Crippen molar-refractivity contribution in [3.05, 3.63) is 27.4 Å². The van der Waals surface area contributed by atoms with Gasteiger partial charge in [0.15, 0.2) is 0 Å². The number of carboxylic acids is 1. The molecule has 128 valence electrons. The zero-order valence-electron chi connectivity index (χ0n) is 13.6. The van der Waals surface area contributed by atoms with Crippen LogP contribution in [0.4, 0.5) is 0 Å². The molecule has 0 radical (unpaired) electrons. The minimum atomic E-state index is -1.13. The molecule has 1 saturated heterocycles. The van der Waals surface area contributed by atoms with Gasteiger partial charge in [-0.1, -0.05) is 29.6 Å². The molecule has 0 aromatic carbocycles. The summed E-state index contributed by atoms with van der Waals surface area (Å²) in [6, 6.07) is 0. The normalized spacial score (nSPS) is 26.6. The van der Waals surface area contributed by atoms with Gasteiger partial charge in [0, 0.05) is 26.2 Å². The number of carbonyl (C=O) groups is 1. The fourth-order valence-electron chi connectivity index (χ4n) is 3.34. The standard InChI is InChI=1S/C16H19N3O3S2/c1-9-19-14-10(13(20)12(16(21)22)15(19)23-9)3-4-11(24-14)18-7-5-17(2)6-8-18/h3-4,9,11H,5-8H2,1-2H3,(H,21,22). The Morgan fingerprint density at radius 2 is 1.92 bits per heavy atom. The molecule has 2 atom stereocenters. The van der Waals surface area contributed by atoms with Gasteiger partial charge in [0.05, 0.1) is 26.4 Å². The first-order valence-corrected chi connectivity index (χ1v) is 9.73. The number of thioether (sulfide) groups is 2. The number of hydrogen-bond donors (Lipinski definition) is 1. The van der Waals surface area contributed by atoms with E-state index in [-0.39, 0.29) is 21.7 Å². The molecule has 4 heterocycles. The van der Waals surface area contributed by atoms with Crippen molar-refractivity contribution < 1.29 is 9.90 Å². The van der Waals surface area contributed by atoms with E-state index in [4.69, 9.17) is 0 Å². The maximum absolute atomic E-state index is 12.6. The smallest absolute Gasteiger partial charge is 0.342 e. The van der Waals surface area contributed by atoms with E-state index < -0.39 is 5.97 Å². The molecule has 1 aromatic heterocycles. The summed E-state index contributed by atoms with van der Waals surface area (Å²) in [5.41, 5.74) is 0.0857. The molecule has 4 rings (SSSR count). The van der Waals surface area contributed by atoms with Crippen molar-refractivity contribution in [2.24, 2.45) is 0 Å². The molecule has 0 spiro atoms. The van der Waals surface area contributed by atoms with E-state index in [0.29, 0.717) is 10.6 Å². The Hall–Kier alpha value is -1.22. The van der Waals surface area contributed by atoms with Crippen LogP contribution in [0.5, 0.6) is 0 Å². The second-order valence-electron chi connectivity index (χ2n) is 6.33. The summed E-state index contributed by atoms with van der Waals surface area (Å²) >= 11 is 3.13. The van der Waals surface area contributed by atoms with Gasteiger partial charge in [0.25, 0.3) is 0 Å². The first-order valence-electron chi connectivity index (χ1n) is 7.97. The van der Waals surface area contributed by atoms with E-state index in [2.05, 4.69) is 16.8 Å². The summed E-state index contributed by atoms with van der Waals surface area (Å²) in [5, 5.41) is 11.3. The average Bonchev–Trinajstić information content (AvgIpc) is 2.54. The molecular weight excluding hydrogens is 346 g/mol. The largest absolute Gasteiger partial charge is 0.477 e. The van der Waals surface area contributed by atoms with Crippen LogP contribution < -0.4 is 5.43 Å². The van der Waals surface area contributed by atoms with Gasteiger partial charge in [-0.25, -0.2) is 4.79 Å². The molecule has 1 fully saturated rings. The molecule has 3 aliphatic heterocycles. The van der Waals surface area contributed by atoms with Crippen LogP contribution in [0.1, 0.15) is 28.2 Å². The fourth-order valence-corrected chi connectivity index (χ4v) is 6.00. The Morgan fingerprint density at radius 1 is 1.21 bits per heavy atom. The van der Waals surface area contributed by atoms with Crippen LogP contribution in [-0.2, 0) is 0 Å². The van der Waals surface area contributed by atoms with Crippen LogP contribution in [-0.4, -0.2) is 64.0 Å². The number of carboxylic acid groups (broad SMARTS) is 1. The summed E-state index contributed by atoms with van der Waals surface area (Å²) in [6.45, 7) is 6.13. The summed E-state index contributed by atoms with van der Waals surface area (Å²) < 4.78 is 2.02. The minimum absolute atomic E-state index is 0.0832. The fraction of sp³-hybridized carbons (Fsp3) is 0.500. The second-order valence-corrected chi connectivity index (χ2v) is 8.74. The molecule has 0 aliphatic carbocycles. The Kier molecular flexibility index (Phi) is 4.03. The van der Waals surface area contributed by atoms with Crippen LogP contribution in [0, 0.1) is 0 Å². The van der Waals surface area contributed by atoms with E-state index in [1.807, 2.05) is 23.6 Å². The van der Waals surface area contributed by atoms with Crippen LogP contribution in [0.15, 0.2) is 20.9 Å². The number of rotatable bonds is 2. The van der Waals surface area contributed by atoms with Gasteiger partial charge in [-0.15, -0.1) is 0 Å². The van der Waals surface area contributed by atoms with E-state index in [0.717, 1.165) is 31.2 Å². The lowest BCUT2D eigenvalue weighted by atomic mass is 10.1. The number of pyridine rings is 1. The molecule has 0 amide bonds. The highest BCUT2D eigenvalue weighted by atomic mass is 32.2. The molecule has 1 aromatic rings. The molecule has 6 nitrogen and oxygen atoms in total. The summed E-state index contributed by atoms with van der Waals surface area (Å²) in [4.78, 5) is 28.8. The second kappa shape index (κ2) is 5.94. The minimum Gasteiger partial charge on any atom is -0.477 e. The highest BCUT2D eigenvalue weighted by molar-refractivity contribution is 8.01. The molecule has 1 N–H and O–H groups in total. The Bertz CT molecular complexity index is 797. The van der Waals surface area contributed by atoms with Crippen molar-refractivity contribution in [2.45, 2.75) is 27.7 Å². The van der Waals surface area contributed by atoms with E-state index in [1.54, 1.807) is 11.8 Å². The first kappa shape index (κ1) is 16.3. The van der Waals surface area contributed by atoms with Gasteiger partial charge in [0.2, 0.25) is 5.43 Å². The molecule has 2 unspecified atom stereocenters. The number of fused-ring (bicyclic) bond motifs is 3. The highest BCUT2D eigenvalue weighted by Gasteiger charge is 2.37. The highest BCUT2D eigenvalue weighted by Crippen LogP contribution is 2.49. The number of nitrogens with zero attached hydrogens (tertiary/aromatic N) is 3. The molecule has 3 aliphatic rings. The number of aromatic nitrogens is 1. The summed E-state index contributed by atoms with van der Waals surface area (Å²) in [7, 11) is 2.13. The van der Waals surface area contributed by atoms with Crippen LogP contribution >= 0.6 is 23.5 Å². The molecular formula is C16H19N3O3S2. The van der Waals surface area contributed by atoms with Crippen molar-refractivity contribution >= 4 is 35.6 Å². The van der Waals surface area contributed by atoms with Gasteiger partial charge >= 0.3 is 5.97 Å². The maximum Gasteiger partial charge on any atom is 0.342 e. The quantitative estimate of drug-likeness (QED) is 0.858. The predicted octanol–water partition coefficient (Wildman–Crippen LogP) is 1.86. The number of piperazine rings is 1. The van der Waals surface area contributed by atoms with Crippen molar-refractivity contribution in [2.75, 3.05) is 33.2 Å². The van der Waals surface area contributed by atoms with Crippen LogP contribution in [0.2, 0.25) is 0 Å². The summed E-state index contributed by atoms with van der Waals surface area (Å²) in [6.07, 6.45) is 3.86. The molecule has 0 bridgehead atoms. The predicted molar refractivity (Wildman–Crippen MR) is 96.0 cm³/mol. The third-order valence-corrected chi connectivity index (χ3v) is 7.28. The molecule has 8 heteroatoms. The van der Waals surface area contributed by atoms with Gasteiger partial charge in [0.1, 0.15) is 5.56 Å². The lowest BCUT2D eigenvalue weighted by molar-refractivity contribution is 0.0688. The Labute approximate surface area is 148 Å². The van der Waals surface area contributed by atoms with Crippen molar-refractivity contribution in [3.63, 3.8) is 0 Å². The molecule has 24 heavy (non-hydrogen) atoms. The van der Waals surface area contributed by atoms with Crippen LogP contribution in [0.3, 0.4) is 0 Å². The third kappa shape index (κ3) is 2.44. The SMILES string of the molecule is CC1Sc2c(C(=O)O)c(=O)c3c(n21)SC(N1CCN(C)CC1)C=C3.